The topological polar surface area (TPSA) is 37.7 Å². The highest BCUT2D eigenvalue weighted by atomic mass is 35.5. The van der Waals surface area contributed by atoms with E-state index < -0.39 is 0 Å². The molecular weight excluding hydrogens is 397 g/mol. The zero-order chi connectivity index (χ0) is 20.1. The van der Waals surface area contributed by atoms with Crippen LogP contribution in [0.25, 0.3) is 0 Å². The van der Waals surface area contributed by atoms with Gasteiger partial charge in [0, 0.05) is 5.56 Å². The minimum atomic E-state index is -0.228. The Morgan fingerprint density at radius 1 is 1.21 bits per heavy atom. The van der Waals surface area contributed by atoms with Gasteiger partial charge >= 0.3 is 0 Å². The second-order valence-electron chi connectivity index (χ2n) is 7.15. The van der Waals surface area contributed by atoms with Crippen LogP contribution in [0.15, 0.2) is 36.4 Å². The highest BCUT2D eigenvalue weighted by molar-refractivity contribution is 7.80. The molecule has 150 valence electrons. The van der Waals surface area contributed by atoms with Crippen LogP contribution in [-0.4, -0.2) is 38.0 Å². The molecular formula is C21H26ClFN3OS+. The quantitative estimate of drug-likeness (QED) is 0.647. The van der Waals surface area contributed by atoms with Crippen molar-refractivity contribution < 1.29 is 14.0 Å². The first kappa shape index (κ1) is 21.0. The third kappa shape index (κ3) is 5.41. The number of rotatable bonds is 5. The van der Waals surface area contributed by atoms with Gasteiger partial charge in [0.25, 0.3) is 0 Å². The number of hydrogen-bond acceptors (Lipinski definition) is 2. The minimum absolute atomic E-state index is 0.152. The summed E-state index contributed by atoms with van der Waals surface area (Å²) >= 11 is 11.9. The summed E-state index contributed by atoms with van der Waals surface area (Å²) in [6.45, 7) is 7.93. The molecule has 2 aromatic rings. The predicted molar refractivity (Wildman–Crippen MR) is 116 cm³/mol. The zero-order valence-electron chi connectivity index (χ0n) is 16.1. The fourth-order valence-corrected chi connectivity index (χ4v) is 4.16. The van der Waals surface area contributed by atoms with Crippen molar-refractivity contribution in [2.24, 2.45) is 0 Å². The molecule has 1 heterocycles. The van der Waals surface area contributed by atoms with Crippen molar-refractivity contribution in [3.05, 3.63) is 63.9 Å². The third-order valence-electron chi connectivity index (χ3n) is 5.04. The first-order valence-corrected chi connectivity index (χ1v) is 10.2. The molecule has 0 aromatic heterocycles. The van der Waals surface area contributed by atoms with Gasteiger partial charge in [0.15, 0.2) is 5.11 Å². The molecule has 1 aliphatic rings. The Hall–Kier alpha value is -1.73. The van der Waals surface area contributed by atoms with Crippen LogP contribution in [0.3, 0.4) is 0 Å². The second kappa shape index (κ2) is 9.65. The van der Waals surface area contributed by atoms with Gasteiger partial charge in [-0.2, -0.15) is 0 Å². The summed E-state index contributed by atoms with van der Waals surface area (Å²) in [5.74, 6) is -0.228. The smallest absolute Gasteiger partial charge is 0.171 e. The zero-order valence-corrected chi connectivity index (χ0v) is 17.7. The van der Waals surface area contributed by atoms with Crippen molar-refractivity contribution in [3.63, 3.8) is 0 Å². The van der Waals surface area contributed by atoms with Crippen LogP contribution in [-0.2, 0) is 4.74 Å². The van der Waals surface area contributed by atoms with Crippen molar-refractivity contribution >= 4 is 34.6 Å². The number of hydrogen-bond donors (Lipinski definition) is 3. The first-order valence-electron chi connectivity index (χ1n) is 9.43. The summed E-state index contributed by atoms with van der Waals surface area (Å²) in [5, 5.41) is 7.71. The standard InChI is InChI=1S/C21H25ClFN3OS/c1-14-11-15(2)20(18(22)12-14)25-21(28)24-13-19(26-7-9-27-10-8-26)16-3-5-17(23)6-4-16/h3-6,11-12,19H,7-10,13H2,1-2H3,(H2,24,25,28)/p+1/t19-/m0/s1. The Kier molecular flexibility index (Phi) is 7.24. The lowest BCUT2D eigenvalue weighted by atomic mass is 10.0. The number of aryl methyl sites for hydroxylation is 2. The fraction of sp³-hybridized carbons (Fsp3) is 0.381. The van der Waals surface area contributed by atoms with Gasteiger partial charge in [0.1, 0.15) is 24.9 Å². The summed E-state index contributed by atoms with van der Waals surface area (Å²) in [5.41, 5.74) is 4.06. The molecule has 3 rings (SSSR count). The van der Waals surface area contributed by atoms with E-state index in [-0.39, 0.29) is 11.9 Å². The normalized spacial score (nSPS) is 15.9. The van der Waals surface area contributed by atoms with Crippen molar-refractivity contribution in [2.75, 3.05) is 38.2 Å². The number of anilines is 1. The Balaban J connectivity index is 1.69. The molecule has 1 atom stereocenters. The summed E-state index contributed by atoms with van der Waals surface area (Å²) in [4.78, 5) is 1.40. The number of ether oxygens (including phenoxy) is 1. The average Bonchev–Trinajstić information content (AvgIpc) is 2.67. The number of benzene rings is 2. The largest absolute Gasteiger partial charge is 0.370 e. The molecule has 0 amide bonds. The van der Waals surface area contributed by atoms with E-state index in [1.807, 2.05) is 32.0 Å². The highest BCUT2D eigenvalue weighted by Gasteiger charge is 2.26. The predicted octanol–water partition coefficient (Wildman–Crippen LogP) is 3.04. The average molecular weight is 423 g/mol. The molecule has 0 saturated carbocycles. The molecule has 4 nitrogen and oxygen atoms in total. The molecule has 3 N–H and O–H groups in total. The third-order valence-corrected chi connectivity index (χ3v) is 5.58. The van der Waals surface area contributed by atoms with Crippen LogP contribution in [0.5, 0.6) is 0 Å². The van der Waals surface area contributed by atoms with Crippen LogP contribution in [0.4, 0.5) is 10.1 Å². The Labute approximate surface area is 176 Å². The van der Waals surface area contributed by atoms with Gasteiger partial charge in [0.05, 0.1) is 30.5 Å². The minimum Gasteiger partial charge on any atom is -0.370 e. The van der Waals surface area contributed by atoms with Crippen molar-refractivity contribution in [1.29, 1.82) is 0 Å². The molecule has 0 bridgehead atoms. The van der Waals surface area contributed by atoms with Crippen LogP contribution < -0.4 is 15.5 Å². The number of morpholine rings is 1. The summed E-state index contributed by atoms with van der Waals surface area (Å²) in [7, 11) is 0. The summed E-state index contributed by atoms with van der Waals surface area (Å²) < 4.78 is 18.9. The summed E-state index contributed by atoms with van der Waals surface area (Å²) in [6.07, 6.45) is 0. The van der Waals surface area contributed by atoms with E-state index in [9.17, 15) is 4.39 Å². The molecule has 1 fully saturated rings. The van der Waals surface area contributed by atoms with Crippen molar-refractivity contribution in [2.45, 2.75) is 19.9 Å². The maximum Gasteiger partial charge on any atom is 0.171 e. The van der Waals surface area contributed by atoms with E-state index in [1.165, 1.54) is 17.0 Å². The second-order valence-corrected chi connectivity index (χ2v) is 7.96. The lowest BCUT2D eigenvalue weighted by Gasteiger charge is -2.32. The fourth-order valence-electron chi connectivity index (χ4n) is 3.60. The number of quaternary nitrogens is 1. The molecule has 1 aliphatic heterocycles. The maximum atomic E-state index is 13.4. The number of thiocarbonyl (C=S) groups is 1. The molecule has 0 spiro atoms. The van der Waals surface area contributed by atoms with Gasteiger partial charge < -0.3 is 20.3 Å². The van der Waals surface area contributed by atoms with E-state index in [4.69, 9.17) is 28.6 Å². The number of nitrogens with one attached hydrogen (secondary N) is 3. The van der Waals surface area contributed by atoms with E-state index in [0.717, 1.165) is 48.7 Å². The van der Waals surface area contributed by atoms with Gasteiger partial charge in [-0.25, -0.2) is 4.39 Å². The highest BCUT2D eigenvalue weighted by Crippen LogP contribution is 2.27. The van der Waals surface area contributed by atoms with E-state index in [2.05, 4.69) is 16.7 Å². The Bertz CT molecular complexity index is 802. The lowest BCUT2D eigenvalue weighted by Crippen LogP contribution is -3.15. The lowest BCUT2D eigenvalue weighted by molar-refractivity contribution is -0.937. The first-order chi connectivity index (χ1) is 13.4. The van der Waals surface area contributed by atoms with Gasteiger partial charge in [-0.3, -0.25) is 0 Å². The number of halogens is 2. The molecule has 28 heavy (non-hydrogen) atoms. The van der Waals surface area contributed by atoms with E-state index in [0.29, 0.717) is 16.7 Å². The van der Waals surface area contributed by atoms with Crippen LogP contribution in [0.2, 0.25) is 5.02 Å². The van der Waals surface area contributed by atoms with E-state index in [1.54, 1.807) is 0 Å². The molecule has 0 aliphatic carbocycles. The van der Waals surface area contributed by atoms with E-state index >= 15 is 0 Å². The Morgan fingerprint density at radius 3 is 2.54 bits per heavy atom. The maximum absolute atomic E-state index is 13.4. The van der Waals surface area contributed by atoms with Gasteiger partial charge in [0.2, 0.25) is 0 Å². The van der Waals surface area contributed by atoms with Crippen molar-refractivity contribution in [1.82, 2.24) is 5.32 Å². The van der Waals surface area contributed by atoms with Crippen LogP contribution >= 0.6 is 23.8 Å². The molecule has 7 heteroatoms. The Morgan fingerprint density at radius 2 is 1.89 bits per heavy atom. The molecule has 0 radical (unpaired) electrons. The SMILES string of the molecule is Cc1cc(C)c(NC(=S)NC[C@@H](c2ccc(F)cc2)[NH+]2CCOCC2)c(Cl)c1. The molecule has 2 aromatic carbocycles. The van der Waals surface area contributed by atoms with Gasteiger partial charge in [-0.1, -0.05) is 29.8 Å². The van der Waals surface area contributed by atoms with Gasteiger partial charge in [-0.05, 0) is 55.4 Å². The molecule has 1 saturated heterocycles. The summed E-state index contributed by atoms with van der Waals surface area (Å²) in [6, 6.07) is 10.8. The van der Waals surface area contributed by atoms with Crippen LogP contribution in [0, 0.1) is 19.7 Å². The monoisotopic (exact) mass is 422 g/mol. The molecule has 0 unspecified atom stereocenters. The van der Waals surface area contributed by atoms with Crippen molar-refractivity contribution in [3.8, 4) is 0 Å². The van der Waals surface area contributed by atoms with Crippen LogP contribution in [0.1, 0.15) is 22.7 Å². The van der Waals surface area contributed by atoms with Gasteiger partial charge in [-0.15, -0.1) is 0 Å².